The fraction of sp³-hybridized carbons (Fsp3) is 0.696. The highest BCUT2D eigenvalue weighted by molar-refractivity contribution is 6.62. The third kappa shape index (κ3) is 4.94. The molecular weight excluding hydrogens is 381 g/mol. The summed E-state index contributed by atoms with van der Waals surface area (Å²) in [5.74, 6) is 1.15. The summed E-state index contributed by atoms with van der Waals surface area (Å²) in [5, 5.41) is 0. The molecule has 7 heteroatoms. The second-order valence-electron chi connectivity index (χ2n) is 10.4. The van der Waals surface area contributed by atoms with Crippen LogP contribution < -0.4 is 10.2 Å². The smallest absolute Gasteiger partial charge is 0.494 e. The number of nitrogens with zero attached hydrogens (tertiary/aromatic N) is 1. The third-order valence-electron chi connectivity index (χ3n) is 6.33. The predicted molar refractivity (Wildman–Crippen MR) is 118 cm³/mol. The van der Waals surface area contributed by atoms with Gasteiger partial charge in [-0.1, -0.05) is 6.07 Å². The number of carbonyl (C=O) groups excluding carboxylic acids is 1. The van der Waals surface area contributed by atoms with Crippen molar-refractivity contribution in [2.24, 2.45) is 0 Å². The Balaban J connectivity index is 1.73. The van der Waals surface area contributed by atoms with Crippen LogP contribution in [-0.2, 0) is 14.0 Å². The summed E-state index contributed by atoms with van der Waals surface area (Å²) in [6, 6.07) is 6.24. The Morgan fingerprint density at radius 2 is 1.63 bits per heavy atom. The van der Waals surface area contributed by atoms with Gasteiger partial charge in [-0.15, -0.1) is 0 Å². The van der Waals surface area contributed by atoms with Crippen LogP contribution in [0.25, 0.3) is 0 Å². The van der Waals surface area contributed by atoms with Crippen LogP contribution >= 0.6 is 0 Å². The van der Waals surface area contributed by atoms with Crippen molar-refractivity contribution in [2.75, 3.05) is 20.2 Å². The van der Waals surface area contributed by atoms with Crippen molar-refractivity contribution in [3.8, 4) is 5.75 Å². The van der Waals surface area contributed by atoms with Gasteiger partial charge in [0.2, 0.25) is 0 Å². The second-order valence-corrected chi connectivity index (χ2v) is 10.4. The molecule has 30 heavy (non-hydrogen) atoms. The van der Waals surface area contributed by atoms with Gasteiger partial charge in [-0.2, -0.15) is 0 Å². The highest BCUT2D eigenvalue weighted by Gasteiger charge is 2.51. The number of piperidine rings is 1. The second kappa shape index (κ2) is 8.08. The lowest BCUT2D eigenvalue weighted by Gasteiger charge is -2.33. The maximum Gasteiger partial charge on any atom is 0.494 e. The van der Waals surface area contributed by atoms with Crippen molar-refractivity contribution in [2.45, 2.75) is 84.0 Å². The Morgan fingerprint density at radius 1 is 1.07 bits per heavy atom. The summed E-state index contributed by atoms with van der Waals surface area (Å²) in [7, 11) is 1.25. The Labute approximate surface area is 181 Å². The quantitative estimate of drug-likeness (QED) is 0.693. The Bertz CT molecular complexity index is 762. The van der Waals surface area contributed by atoms with E-state index in [4.69, 9.17) is 18.8 Å². The van der Waals surface area contributed by atoms with E-state index in [9.17, 15) is 4.79 Å². The van der Waals surface area contributed by atoms with Gasteiger partial charge >= 0.3 is 13.2 Å². The summed E-state index contributed by atoms with van der Waals surface area (Å²) in [6.45, 7) is 15.3. The molecule has 0 aliphatic carbocycles. The number of ether oxygens (including phenoxy) is 2. The number of benzene rings is 1. The molecule has 2 heterocycles. The van der Waals surface area contributed by atoms with E-state index in [1.807, 2.05) is 26.8 Å². The number of methoxy groups -OCH3 is 1. The highest BCUT2D eigenvalue weighted by Crippen LogP contribution is 2.37. The Hall–Kier alpha value is -1.73. The minimum absolute atomic E-state index is 0.232. The van der Waals surface area contributed by atoms with Crippen LogP contribution in [0.2, 0.25) is 0 Å². The van der Waals surface area contributed by atoms with Crippen molar-refractivity contribution < 1.29 is 23.6 Å². The standard InChI is InChI=1S/C23H36BNO5/c1-21(2,3)28-20(26)25-11-9-16(10-12-25)17-13-18(15-19(14-17)27-8)24-29-22(4,5)23(6,7)30-24/h13-16H,9-12H2,1-8H3. The molecule has 1 amide bonds. The topological polar surface area (TPSA) is 57.2 Å². The van der Waals surface area contributed by atoms with Crippen LogP contribution in [0.3, 0.4) is 0 Å². The molecule has 2 aliphatic rings. The fourth-order valence-corrected chi connectivity index (χ4v) is 3.84. The number of hydrogen-bond acceptors (Lipinski definition) is 5. The molecule has 2 fully saturated rings. The number of amides is 1. The van der Waals surface area contributed by atoms with E-state index in [1.54, 1.807) is 12.0 Å². The number of rotatable bonds is 3. The predicted octanol–water partition coefficient (Wildman–Crippen LogP) is 4.11. The van der Waals surface area contributed by atoms with E-state index in [1.165, 1.54) is 5.56 Å². The molecule has 2 aliphatic heterocycles. The van der Waals surface area contributed by atoms with Crippen LogP contribution in [0, 0.1) is 0 Å². The summed E-state index contributed by atoms with van der Waals surface area (Å²) in [4.78, 5) is 14.2. The Morgan fingerprint density at radius 3 is 2.13 bits per heavy atom. The zero-order valence-corrected chi connectivity index (χ0v) is 19.7. The van der Waals surface area contributed by atoms with Crippen LogP contribution in [0.4, 0.5) is 4.79 Å². The summed E-state index contributed by atoms with van der Waals surface area (Å²) < 4.78 is 23.6. The first-order chi connectivity index (χ1) is 13.8. The number of likely N-dealkylation sites (tertiary alicyclic amines) is 1. The average Bonchev–Trinajstić information content (AvgIpc) is 2.87. The van der Waals surface area contributed by atoms with E-state index >= 15 is 0 Å². The maximum atomic E-state index is 12.4. The lowest BCUT2D eigenvalue weighted by Crippen LogP contribution is -2.41. The molecule has 0 spiro atoms. The van der Waals surface area contributed by atoms with Gasteiger partial charge in [-0.05, 0) is 90.4 Å². The zero-order chi connectivity index (χ0) is 22.3. The van der Waals surface area contributed by atoms with Gasteiger partial charge in [0, 0.05) is 13.1 Å². The van der Waals surface area contributed by atoms with E-state index in [0.29, 0.717) is 19.0 Å². The van der Waals surface area contributed by atoms with Crippen molar-refractivity contribution in [3.63, 3.8) is 0 Å². The first-order valence-corrected chi connectivity index (χ1v) is 10.8. The first kappa shape index (κ1) is 22.9. The highest BCUT2D eigenvalue weighted by atomic mass is 16.7. The molecule has 6 nitrogen and oxygen atoms in total. The lowest BCUT2D eigenvalue weighted by molar-refractivity contribution is 0.00578. The number of carbonyl (C=O) groups is 1. The normalized spacial score (nSPS) is 21.6. The van der Waals surface area contributed by atoms with Gasteiger partial charge in [-0.25, -0.2) is 4.79 Å². The van der Waals surface area contributed by atoms with Gasteiger partial charge in [0.15, 0.2) is 0 Å². The largest absolute Gasteiger partial charge is 0.497 e. The molecule has 1 aromatic rings. The van der Waals surface area contributed by atoms with E-state index in [2.05, 4.69) is 39.8 Å². The third-order valence-corrected chi connectivity index (χ3v) is 6.33. The van der Waals surface area contributed by atoms with Crippen LogP contribution in [-0.4, -0.2) is 55.1 Å². The molecule has 0 unspecified atom stereocenters. The molecule has 166 valence electrons. The van der Waals surface area contributed by atoms with Gasteiger partial charge in [0.1, 0.15) is 11.4 Å². The van der Waals surface area contributed by atoms with Crippen molar-refractivity contribution in [3.05, 3.63) is 23.8 Å². The van der Waals surface area contributed by atoms with Crippen LogP contribution in [0.5, 0.6) is 5.75 Å². The van der Waals surface area contributed by atoms with Gasteiger partial charge in [0.25, 0.3) is 0 Å². The van der Waals surface area contributed by atoms with Gasteiger partial charge < -0.3 is 23.7 Å². The molecule has 3 rings (SSSR count). The molecule has 0 N–H and O–H groups in total. The molecule has 1 aromatic carbocycles. The van der Waals surface area contributed by atoms with Gasteiger partial charge in [-0.3, -0.25) is 0 Å². The molecule has 0 atom stereocenters. The maximum absolute atomic E-state index is 12.4. The van der Waals surface area contributed by atoms with Crippen molar-refractivity contribution in [1.29, 1.82) is 0 Å². The summed E-state index contributed by atoms with van der Waals surface area (Å²) in [6.07, 6.45) is 1.54. The molecular formula is C23H36BNO5. The van der Waals surface area contributed by atoms with E-state index < -0.39 is 12.7 Å². The molecule has 0 radical (unpaired) electrons. The van der Waals surface area contributed by atoms with Gasteiger partial charge in [0.05, 0.1) is 18.3 Å². The lowest BCUT2D eigenvalue weighted by atomic mass is 9.76. The first-order valence-electron chi connectivity index (χ1n) is 10.8. The minimum atomic E-state index is -0.474. The van der Waals surface area contributed by atoms with Crippen LogP contribution in [0.15, 0.2) is 18.2 Å². The summed E-state index contributed by atoms with van der Waals surface area (Å²) >= 11 is 0. The molecule has 0 aromatic heterocycles. The van der Waals surface area contributed by atoms with Crippen molar-refractivity contribution >= 4 is 18.7 Å². The van der Waals surface area contributed by atoms with Crippen molar-refractivity contribution in [1.82, 2.24) is 4.90 Å². The summed E-state index contributed by atoms with van der Waals surface area (Å²) in [5.41, 5.74) is 0.915. The molecule has 0 bridgehead atoms. The Kier molecular flexibility index (Phi) is 6.18. The van der Waals surface area contributed by atoms with E-state index in [0.717, 1.165) is 24.1 Å². The zero-order valence-electron chi connectivity index (χ0n) is 19.7. The molecule has 0 saturated carbocycles. The SMILES string of the molecule is COc1cc(B2OC(C)(C)C(C)(C)O2)cc(C2CCN(C(=O)OC(C)(C)C)CC2)c1. The number of hydrogen-bond donors (Lipinski definition) is 0. The average molecular weight is 417 g/mol. The van der Waals surface area contributed by atoms with Crippen LogP contribution in [0.1, 0.15) is 72.8 Å². The molecule has 2 saturated heterocycles. The fourth-order valence-electron chi connectivity index (χ4n) is 3.84. The minimum Gasteiger partial charge on any atom is -0.497 e. The van der Waals surface area contributed by atoms with E-state index in [-0.39, 0.29) is 17.3 Å². The monoisotopic (exact) mass is 417 g/mol.